The van der Waals surface area contributed by atoms with Gasteiger partial charge in [0.2, 0.25) is 0 Å². The van der Waals surface area contributed by atoms with Gasteiger partial charge in [0.05, 0.1) is 16.2 Å². The molecule has 3 aromatic rings. The van der Waals surface area contributed by atoms with Crippen molar-refractivity contribution in [2.45, 2.75) is 0 Å². The second-order valence-electron chi connectivity index (χ2n) is 6.37. The third-order valence-corrected chi connectivity index (χ3v) is 4.56. The summed E-state index contributed by atoms with van der Waals surface area (Å²) < 4.78 is 5.87. The zero-order valence-corrected chi connectivity index (χ0v) is 15.3. The highest BCUT2D eigenvalue weighted by Crippen LogP contribution is 2.38. The van der Waals surface area contributed by atoms with Crippen LogP contribution in [0.3, 0.4) is 0 Å². The van der Waals surface area contributed by atoms with E-state index < -0.39 is 10.8 Å². The van der Waals surface area contributed by atoms with E-state index in [9.17, 15) is 19.7 Å². The quantitative estimate of drug-likeness (QED) is 0.533. The number of para-hydroxylation sites is 3. The molecule has 144 valence electrons. The number of nitro groups is 1. The molecular formula is C21H15N3O5. The zero-order valence-electron chi connectivity index (χ0n) is 15.3. The standard InChI is InChI=1S/C21H15N3O5/c1-23-17-8-4-5-9-19(17)29-18-11-10-13(12-15(18)21(23)26)22-20(25)14-6-2-3-7-16(14)24(27)28/h2-12H,1H3,(H,22,25). The Kier molecular flexibility index (Phi) is 4.44. The van der Waals surface area contributed by atoms with Crippen LogP contribution in [0.2, 0.25) is 0 Å². The van der Waals surface area contributed by atoms with Crippen LogP contribution in [0.5, 0.6) is 11.5 Å². The van der Waals surface area contributed by atoms with E-state index in [1.165, 1.54) is 29.2 Å². The van der Waals surface area contributed by atoms with E-state index in [2.05, 4.69) is 5.32 Å². The lowest BCUT2D eigenvalue weighted by Gasteiger charge is -2.16. The fourth-order valence-corrected chi connectivity index (χ4v) is 3.12. The minimum atomic E-state index is -0.643. The Bertz CT molecular complexity index is 1160. The lowest BCUT2D eigenvalue weighted by molar-refractivity contribution is -0.385. The number of nitrogens with one attached hydrogen (secondary N) is 1. The maximum absolute atomic E-state index is 12.9. The van der Waals surface area contributed by atoms with Crippen molar-refractivity contribution in [3.8, 4) is 11.5 Å². The highest BCUT2D eigenvalue weighted by atomic mass is 16.6. The summed E-state index contributed by atoms with van der Waals surface area (Å²) >= 11 is 0. The third-order valence-electron chi connectivity index (χ3n) is 4.56. The first-order valence-corrected chi connectivity index (χ1v) is 8.69. The molecule has 0 aliphatic carbocycles. The molecule has 0 bridgehead atoms. The van der Waals surface area contributed by atoms with E-state index in [1.807, 2.05) is 6.07 Å². The number of nitrogens with zero attached hydrogens (tertiary/aromatic N) is 2. The van der Waals surface area contributed by atoms with Crippen LogP contribution in [0.1, 0.15) is 20.7 Å². The summed E-state index contributed by atoms with van der Waals surface area (Å²) in [4.78, 5) is 37.5. The first kappa shape index (κ1) is 18.2. The number of hydrogen-bond donors (Lipinski definition) is 1. The summed E-state index contributed by atoms with van der Waals surface area (Å²) in [6, 6.07) is 17.5. The number of anilines is 2. The SMILES string of the molecule is CN1C(=O)c2cc(NC(=O)c3ccccc3[N+](=O)[O-])ccc2Oc2ccccc21. The third kappa shape index (κ3) is 3.27. The van der Waals surface area contributed by atoms with Crippen molar-refractivity contribution < 1.29 is 19.2 Å². The molecule has 0 radical (unpaired) electrons. The molecule has 4 rings (SSSR count). The molecule has 1 heterocycles. The molecule has 0 aromatic heterocycles. The molecule has 8 heteroatoms. The van der Waals surface area contributed by atoms with E-state index in [0.29, 0.717) is 22.9 Å². The minimum Gasteiger partial charge on any atom is -0.454 e. The van der Waals surface area contributed by atoms with E-state index in [0.717, 1.165) is 0 Å². The summed E-state index contributed by atoms with van der Waals surface area (Å²) in [5, 5.41) is 13.8. The predicted molar refractivity (Wildman–Crippen MR) is 107 cm³/mol. The van der Waals surface area contributed by atoms with Gasteiger partial charge in [-0.25, -0.2) is 0 Å². The van der Waals surface area contributed by atoms with Crippen molar-refractivity contribution in [2.24, 2.45) is 0 Å². The highest BCUT2D eigenvalue weighted by Gasteiger charge is 2.26. The largest absolute Gasteiger partial charge is 0.454 e. The van der Waals surface area contributed by atoms with Gasteiger partial charge in [0.15, 0.2) is 5.75 Å². The van der Waals surface area contributed by atoms with Crippen LogP contribution in [-0.2, 0) is 0 Å². The van der Waals surface area contributed by atoms with Crippen LogP contribution in [0.25, 0.3) is 0 Å². The average molecular weight is 389 g/mol. The molecule has 0 spiro atoms. The van der Waals surface area contributed by atoms with E-state index in [4.69, 9.17) is 4.74 Å². The number of fused-ring (bicyclic) bond motifs is 2. The van der Waals surface area contributed by atoms with Crippen LogP contribution in [-0.4, -0.2) is 23.8 Å². The van der Waals surface area contributed by atoms with E-state index in [1.54, 1.807) is 43.4 Å². The fraction of sp³-hybridized carbons (Fsp3) is 0.0476. The number of carbonyl (C=O) groups is 2. The number of ether oxygens (including phenoxy) is 1. The van der Waals surface area contributed by atoms with Gasteiger partial charge < -0.3 is 15.0 Å². The van der Waals surface area contributed by atoms with Gasteiger partial charge in [0.1, 0.15) is 11.3 Å². The Morgan fingerprint density at radius 3 is 2.55 bits per heavy atom. The van der Waals surface area contributed by atoms with Crippen molar-refractivity contribution in [1.82, 2.24) is 0 Å². The van der Waals surface area contributed by atoms with Crippen LogP contribution in [0.4, 0.5) is 17.1 Å². The minimum absolute atomic E-state index is 0.0699. The molecule has 0 fully saturated rings. The van der Waals surface area contributed by atoms with Crippen LogP contribution in [0, 0.1) is 10.1 Å². The Labute approximate surface area is 165 Å². The Morgan fingerprint density at radius 2 is 1.76 bits per heavy atom. The molecule has 0 unspecified atom stereocenters. The van der Waals surface area contributed by atoms with Crippen molar-refractivity contribution in [3.05, 3.63) is 88.0 Å². The monoisotopic (exact) mass is 389 g/mol. The summed E-state index contributed by atoms with van der Waals surface area (Å²) in [5.74, 6) is -0.0445. The molecule has 29 heavy (non-hydrogen) atoms. The topological polar surface area (TPSA) is 102 Å². The molecule has 2 amide bonds. The summed E-state index contributed by atoms with van der Waals surface area (Å²) in [6.45, 7) is 0. The maximum atomic E-state index is 12.9. The Morgan fingerprint density at radius 1 is 1.03 bits per heavy atom. The van der Waals surface area contributed by atoms with Crippen LogP contribution < -0.4 is 15.0 Å². The molecule has 1 N–H and O–H groups in total. The zero-order chi connectivity index (χ0) is 20.5. The van der Waals surface area contributed by atoms with Crippen molar-refractivity contribution in [1.29, 1.82) is 0 Å². The number of hydrogen-bond acceptors (Lipinski definition) is 5. The first-order chi connectivity index (χ1) is 14.0. The second kappa shape index (κ2) is 7.08. The van der Waals surface area contributed by atoms with Gasteiger partial charge in [-0.3, -0.25) is 19.7 Å². The molecule has 0 atom stereocenters. The number of rotatable bonds is 3. The molecular weight excluding hydrogens is 374 g/mol. The van der Waals surface area contributed by atoms with Gasteiger partial charge in [0, 0.05) is 18.8 Å². The lowest BCUT2D eigenvalue weighted by Crippen LogP contribution is -2.25. The number of benzene rings is 3. The highest BCUT2D eigenvalue weighted by molar-refractivity contribution is 6.11. The van der Waals surface area contributed by atoms with E-state index in [-0.39, 0.29) is 22.7 Å². The summed E-state index contributed by atoms with van der Waals surface area (Å²) in [6.07, 6.45) is 0. The average Bonchev–Trinajstić information content (AvgIpc) is 2.83. The van der Waals surface area contributed by atoms with Gasteiger partial charge >= 0.3 is 0 Å². The van der Waals surface area contributed by atoms with Crippen LogP contribution >= 0.6 is 0 Å². The van der Waals surface area contributed by atoms with Gasteiger partial charge in [-0.15, -0.1) is 0 Å². The number of amides is 2. The fourth-order valence-electron chi connectivity index (χ4n) is 3.12. The molecule has 1 aliphatic rings. The van der Waals surface area contributed by atoms with Crippen molar-refractivity contribution in [3.63, 3.8) is 0 Å². The first-order valence-electron chi connectivity index (χ1n) is 8.69. The lowest BCUT2D eigenvalue weighted by atomic mass is 10.1. The predicted octanol–water partition coefficient (Wildman–Crippen LogP) is 4.23. The number of nitro benzene ring substituents is 1. The molecule has 0 saturated carbocycles. The Balaban J connectivity index is 1.67. The van der Waals surface area contributed by atoms with Gasteiger partial charge in [-0.05, 0) is 36.4 Å². The number of carbonyl (C=O) groups excluding carboxylic acids is 2. The van der Waals surface area contributed by atoms with Crippen LogP contribution in [0.15, 0.2) is 66.7 Å². The normalized spacial score (nSPS) is 12.3. The van der Waals surface area contributed by atoms with Gasteiger partial charge in [-0.1, -0.05) is 24.3 Å². The molecule has 0 saturated heterocycles. The second-order valence-corrected chi connectivity index (χ2v) is 6.37. The van der Waals surface area contributed by atoms with E-state index >= 15 is 0 Å². The van der Waals surface area contributed by atoms with Crippen molar-refractivity contribution >= 4 is 28.9 Å². The summed E-state index contributed by atoms with van der Waals surface area (Å²) in [5.41, 5.74) is 0.848. The summed E-state index contributed by atoms with van der Waals surface area (Å²) in [7, 11) is 1.64. The Hall–Kier alpha value is -4.20. The van der Waals surface area contributed by atoms with Gasteiger partial charge in [0.25, 0.3) is 17.5 Å². The molecule has 8 nitrogen and oxygen atoms in total. The molecule has 1 aliphatic heterocycles. The smallest absolute Gasteiger partial charge is 0.282 e. The van der Waals surface area contributed by atoms with Gasteiger partial charge in [-0.2, -0.15) is 0 Å². The molecule has 3 aromatic carbocycles. The maximum Gasteiger partial charge on any atom is 0.282 e. The van der Waals surface area contributed by atoms with Crippen molar-refractivity contribution in [2.75, 3.05) is 17.3 Å².